The zero-order valence-corrected chi connectivity index (χ0v) is 15.0. The highest BCUT2D eigenvalue weighted by Gasteiger charge is 2.32. The zero-order chi connectivity index (χ0) is 21.4. The summed E-state index contributed by atoms with van der Waals surface area (Å²) in [6.45, 7) is 0. The Morgan fingerprint density at radius 1 is 0.536 bits per heavy atom. The van der Waals surface area contributed by atoms with Gasteiger partial charge >= 0.3 is 12.4 Å². The lowest BCUT2D eigenvalue weighted by Crippen LogP contribution is -2.41. The average molecular weight is 448 g/mol. The van der Waals surface area contributed by atoms with Crippen molar-refractivity contribution in [1.82, 2.24) is 9.66 Å². The third-order valence-electron chi connectivity index (χ3n) is 3.29. The first-order valence-corrected chi connectivity index (χ1v) is 9.98. The van der Waals surface area contributed by atoms with Crippen LogP contribution in [0.3, 0.4) is 0 Å². The van der Waals surface area contributed by atoms with E-state index in [4.69, 9.17) is 0 Å². The molecule has 28 heavy (non-hydrogen) atoms. The Kier molecular flexibility index (Phi) is 5.81. The van der Waals surface area contributed by atoms with Crippen molar-refractivity contribution in [3.63, 3.8) is 0 Å². The highest BCUT2D eigenvalue weighted by molar-refractivity contribution is 7.92. The number of halogens is 6. The number of hydrogen-bond acceptors (Lipinski definition) is 4. The molecule has 0 fully saturated rings. The molecule has 0 aromatic heterocycles. The molecule has 0 unspecified atom stereocenters. The van der Waals surface area contributed by atoms with E-state index in [0.717, 1.165) is 0 Å². The highest BCUT2D eigenvalue weighted by Crippen LogP contribution is 2.30. The average Bonchev–Trinajstić information content (AvgIpc) is 2.59. The fourth-order valence-corrected chi connectivity index (χ4v) is 3.98. The number of sulfonamides is 2. The van der Waals surface area contributed by atoms with Crippen molar-refractivity contribution < 1.29 is 43.2 Å². The van der Waals surface area contributed by atoms with E-state index in [1.807, 2.05) is 0 Å². The van der Waals surface area contributed by atoms with Crippen molar-refractivity contribution in [2.75, 3.05) is 0 Å². The Morgan fingerprint density at radius 2 is 0.786 bits per heavy atom. The van der Waals surface area contributed by atoms with Crippen molar-refractivity contribution in [3.05, 3.63) is 59.7 Å². The zero-order valence-electron chi connectivity index (χ0n) is 13.3. The molecule has 154 valence electrons. The van der Waals surface area contributed by atoms with E-state index in [-0.39, 0.29) is 0 Å². The van der Waals surface area contributed by atoms with Crippen molar-refractivity contribution in [1.29, 1.82) is 0 Å². The Bertz CT molecular complexity index is 957. The second kappa shape index (κ2) is 7.35. The molecule has 0 saturated carbocycles. The third kappa shape index (κ3) is 5.21. The van der Waals surface area contributed by atoms with E-state index in [0.29, 0.717) is 48.5 Å². The van der Waals surface area contributed by atoms with Crippen LogP contribution in [0, 0.1) is 0 Å². The van der Waals surface area contributed by atoms with Gasteiger partial charge in [-0.1, -0.05) is 0 Å². The molecule has 0 radical (unpaired) electrons. The summed E-state index contributed by atoms with van der Waals surface area (Å²) in [4.78, 5) is 1.55. The van der Waals surface area contributed by atoms with Gasteiger partial charge in [0.15, 0.2) is 0 Å². The lowest BCUT2D eigenvalue weighted by atomic mass is 10.2. The van der Waals surface area contributed by atoms with Crippen molar-refractivity contribution in [2.45, 2.75) is 22.1 Å². The number of rotatable bonds is 5. The number of hydrogen-bond donors (Lipinski definition) is 2. The van der Waals surface area contributed by atoms with Gasteiger partial charge in [-0.15, -0.1) is 9.66 Å². The quantitative estimate of drug-likeness (QED) is 0.544. The molecule has 0 atom stereocenters. The summed E-state index contributed by atoms with van der Waals surface area (Å²) in [5.74, 6) is 0. The first-order valence-electron chi connectivity index (χ1n) is 7.01. The standard InChI is InChI=1S/C14H10F6N2O4S2/c15-13(16,17)9-1-5-11(6-2-9)27(23,24)21-22-28(25,26)12-7-3-10(4-8-12)14(18,19)20/h1-8,21-22H. The topological polar surface area (TPSA) is 92.3 Å². The van der Waals surface area contributed by atoms with Gasteiger partial charge in [0.05, 0.1) is 20.9 Å². The lowest BCUT2D eigenvalue weighted by Gasteiger charge is -2.11. The van der Waals surface area contributed by atoms with Crippen LogP contribution in [-0.2, 0) is 32.4 Å². The van der Waals surface area contributed by atoms with Gasteiger partial charge in [0.1, 0.15) is 0 Å². The van der Waals surface area contributed by atoms with Crippen LogP contribution in [0.2, 0.25) is 0 Å². The van der Waals surface area contributed by atoms with Gasteiger partial charge in [0.25, 0.3) is 20.0 Å². The number of nitrogens with one attached hydrogen (secondary N) is 2. The van der Waals surface area contributed by atoms with Crippen LogP contribution in [-0.4, -0.2) is 16.8 Å². The Hall–Kier alpha value is -2.16. The predicted octanol–water partition coefficient (Wildman–Crippen LogP) is 2.90. The van der Waals surface area contributed by atoms with Crippen LogP contribution in [0.1, 0.15) is 11.1 Å². The largest absolute Gasteiger partial charge is 0.416 e. The summed E-state index contributed by atoms with van der Waals surface area (Å²) in [7, 11) is -9.17. The molecule has 2 aromatic rings. The van der Waals surface area contributed by atoms with Crippen LogP contribution in [0.5, 0.6) is 0 Å². The smallest absolute Gasteiger partial charge is 0.206 e. The number of alkyl halides is 6. The Morgan fingerprint density at radius 3 is 1.00 bits per heavy atom. The molecule has 14 heteroatoms. The molecule has 0 heterocycles. The third-order valence-corrected chi connectivity index (χ3v) is 5.95. The second-order valence-corrected chi connectivity index (χ2v) is 8.62. The first kappa shape index (κ1) is 22.1. The maximum absolute atomic E-state index is 12.5. The fourth-order valence-electron chi connectivity index (χ4n) is 1.87. The SMILES string of the molecule is O=S(=O)(NNS(=O)(=O)c1ccc(C(F)(F)F)cc1)c1ccc(C(F)(F)F)cc1. The van der Waals surface area contributed by atoms with Gasteiger partial charge in [0.2, 0.25) is 0 Å². The maximum Gasteiger partial charge on any atom is 0.416 e. The minimum atomic E-state index is -4.69. The molecule has 2 rings (SSSR count). The summed E-state index contributed by atoms with van der Waals surface area (Å²) in [6, 6.07) is 4.38. The normalized spacial score (nSPS) is 13.5. The fraction of sp³-hybridized carbons (Fsp3) is 0.143. The molecule has 0 aliphatic carbocycles. The molecular formula is C14H10F6N2O4S2. The highest BCUT2D eigenvalue weighted by atomic mass is 32.2. The van der Waals surface area contributed by atoms with Gasteiger partial charge in [-0.3, -0.25) is 0 Å². The molecular weight excluding hydrogens is 438 g/mol. The molecule has 0 saturated heterocycles. The van der Waals surface area contributed by atoms with Crippen LogP contribution < -0.4 is 9.66 Å². The summed E-state index contributed by atoms with van der Waals surface area (Å²) in [6.07, 6.45) is -9.39. The van der Waals surface area contributed by atoms with Crippen molar-refractivity contribution in [3.8, 4) is 0 Å². The maximum atomic E-state index is 12.5. The van der Waals surface area contributed by atoms with Crippen molar-refractivity contribution >= 4 is 20.0 Å². The summed E-state index contributed by atoms with van der Waals surface area (Å²) in [5.41, 5.74) is -2.23. The van der Waals surface area contributed by atoms with E-state index in [1.165, 1.54) is 9.66 Å². The van der Waals surface area contributed by atoms with E-state index < -0.39 is 53.3 Å². The molecule has 0 amide bonds. The van der Waals surface area contributed by atoms with Crippen LogP contribution in [0.4, 0.5) is 26.3 Å². The molecule has 0 bridgehead atoms. The summed E-state index contributed by atoms with van der Waals surface area (Å²) < 4.78 is 123. The number of benzene rings is 2. The van der Waals surface area contributed by atoms with Crippen LogP contribution in [0.25, 0.3) is 0 Å². The van der Waals surface area contributed by atoms with Crippen LogP contribution >= 0.6 is 0 Å². The van der Waals surface area contributed by atoms with Gasteiger partial charge in [-0.05, 0) is 48.5 Å². The minimum absolute atomic E-state index is 0.485. The monoisotopic (exact) mass is 448 g/mol. The second-order valence-electron chi connectivity index (χ2n) is 5.26. The first-order chi connectivity index (χ1) is 12.6. The molecule has 6 nitrogen and oxygen atoms in total. The van der Waals surface area contributed by atoms with E-state index in [9.17, 15) is 43.2 Å². The molecule has 0 aliphatic rings. The van der Waals surface area contributed by atoms with Gasteiger partial charge < -0.3 is 0 Å². The summed E-state index contributed by atoms with van der Waals surface area (Å²) in [5, 5.41) is 0. The molecule has 0 aliphatic heterocycles. The van der Waals surface area contributed by atoms with Crippen LogP contribution in [0.15, 0.2) is 58.3 Å². The summed E-state index contributed by atoms with van der Waals surface area (Å²) >= 11 is 0. The van der Waals surface area contributed by atoms with Crippen molar-refractivity contribution in [2.24, 2.45) is 0 Å². The Balaban J connectivity index is 2.17. The Labute approximate surface area is 155 Å². The number of hydrazine groups is 1. The van der Waals surface area contributed by atoms with E-state index >= 15 is 0 Å². The predicted molar refractivity (Wildman–Crippen MR) is 83.5 cm³/mol. The lowest BCUT2D eigenvalue weighted by molar-refractivity contribution is -0.138. The van der Waals surface area contributed by atoms with E-state index in [2.05, 4.69) is 0 Å². The van der Waals surface area contributed by atoms with E-state index in [1.54, 1.807) is 0 Å². The van der Waals surface area contributed by atoms with Gasteiger partial charge in [0, 0.05) is 0 Å². The van der Waals surface area contributed by atoms with Gasteiger partial charge in [-0.25, -0.2) is 16.8 Å². The molecule has 2 aromatic carbocycles. The molecule has 0 spiro atoms. The van der Waals surface area contributed by atoms with Gasteiger partial charge in [-0.2, -0.15) is 26.3 Å². The minimum Gasteiger partial charge on any atom is -0.206 e. The molecule has 2 N–H and O–H groups in total.